The predicted molar refractivity (Wildman–Crippen MR) is 132 cm³/mol. The normalized spacial score (nSPS) is 19.9. The fourth-order valence-electron chi connectivity index (χ4n) is 4.38. The lowest BCUT2D eigenvalue weighted by molar-refractivity contribution is 0.121. The van der Waals surface area contributed by atoms with E-state index in [-0.39, 0.29) is 29.4 Å². The van der Waals surface area contributed by atoms with Gasteiger partial charge in [0.15, 0.2) is 5.96 Å². The zero-order valence-corrected chi connectivity index (χ0v) is 20.5. The molecule has 0 aromatic heterocycles. The number of nitrogens with zero attached hydrogens (tertiary/aromatic N) is 2. The third-order valence-electron chi connectivity index (χ3n) is 6.46. The number of hydrogen-bond donors (Lipinski definition) is 2. The average Bonchev–Trinajstić information content (AvgIpc) is 2.71. The molecule has 2 aliphatic rings. The molecular formula is C23H39IN4O. The van der Waals surface area contributed by atoms with Crippen LogP contribution in [-0.2, 0) is 10.2 Å². The van der Waals surface area contributed by atoms with Gasteiger partial charge in [0.1, 0.15) is 0 Å². The summed E-state index contributed by atoms with van der Waals surface area (Å²) in [6, 6.07) is 11.0. The van der Waals surface area contributed by atoms with E-state index in [2.05, 4.69) is 52.8 Å². The molecule has 29 heavy (non-hydrogen) atoms. The molecule has 3 rings (SSSR count). The van der Waals surface area contributed by atoms with E-state index in [1.165, 1.54) is 50.8 Å². The SMILES string of the molecule is CCNC(=NCC1(c2ccccc2)CCC1)NCC1CCN(CCOC)CC1.I. The molecule has 2 fully saturated rings. The molecule has 1 aromatic carbocycles. The van der Waals surface area contributed by atoms with E-state index in [9.17, 15) is 0 Å². The second kappa shape index (κ2) is 12.7. The number of guanidine groups is 1. The van der Waals surface area contributed by atoms with Crippen LogP contribution in [0.1, 0.15) is 44.6 Å². The third-order valence-corrected chi connectivity index (χ3v) is 6.46. The molecule has 0 atom stereocenters. The van der Waals surface area contributed by atoms with E-state index >= 15 is 0 Å². The summed E-state index contributed by atoms with van der Waals surface area (Å²) < 4.78 is 5.20. The molecule has 0 bridgehead atoms. The van der Waals surface area contributed by atoms with Crippen molar-refractivity contribution in [2.45, 2.75) is 44.4 Å². The van der Waals surface area contributed by atoms with Gasteiger partial charge >= 0.3 is 0 Å². The minimum Gasteiger partial charge on any atom is -0.383 e. The molecule has 1 aliphatic heterocycles. The maximum absolute atomic E-state index is 5.20. The summed E-state index contributed by atoms with van der Waals surface area (Å²) in [7, 11) is 1.78. The van der Waals surface area contributed by atoms with Gasteiger partial charge in [-0.15, -0.1) is 24.0 Å². The minimum absolute atomic E-state index is 0. The van der Waals surface area contributed by atoms with E-state index in [1.54, 1.807) is 7.11 Å². The summed E-state index contributed by atoms with van der Waals surface area (Å²) in [5.41, 5.74) is 1.69. The van der Waals surface area contributed by atoms with Crippen molar-refractivity contribution in [2.24, 2.45) is 10.9 Å². The van der Waals surface area contributed by atoms with Gasteiger partial charge in [-0.1, -0.05) is 36.8 Å². The first-order valence-corrected chi connectivity index (χ1v) is 11.0. The molecule has 0 spiro atoms. The number of ether oxygens (including phenoxy) is 1. The van der Waals surface area contributed by atoms with E-state index in [0.717, 1.165) is 44.7 Å². The van der Waals surface area contributed by atoms with Crippen molar-refractivity contribution >= 4 is 29.9 Å². The second-order valence-electron chi connectivity index (χ2n) is 8.35. The van der Waals surface area contributed by atoms with Crippen molar-refractivity contribution in [2.75, 3.05) is 53.0 Å². The molecule has 2 N–H and O–H groups in total. The standard InChI is InChI=1S/C23H38N4O.HI/c1-3-24-22(25-18-20-10-14-27(15-11-20)16-17-28-2)26-19-23(12-7-13-23)21-8-5-4-6-9-21;/h4-6,8-9,20H,3,7,10-19H2,1-2H3,(H2,24,25,26);1H. The first-order valence-electron chi connectivity index (χ1n) is 11.0. The van der Waals surface area contributed by atoms with Crippen molar-refractivity contribution in [1.82, 2.24) is 15.5 Å². The van der Waals surface area contributed by atoms with Crippen LogP contribution in [0.5, 0.6) is 0 Å². The number of methoxy groups -OCH3 is 1. The number of nitrogens with one attached hydrogen (secondary N) is 2. The Bertz CT molecular complexity index is 598. The highest BCUT2D eigenvalue weighted by Crippen LogP contribution is 2.43. The Morgan fingerprint density at radius 3 is 2.48 bits per heavy atom. The monoisotopic (exact) mass is 514 g/mol. The minimum atomic E-state index is 0. The summed E-state index contributed by atoms with van der Waals surface area (Å²) in [4.78, 5) is 7.50. The molecule has 164 valence electrons. The smallest absolute Gasteiger partial charge is 0.191 e. The lowest BCUT2D eigenvalue weighted by atomic mass is 9.64. The van der Waals surface area contributed by atoms with Crippen LogP contribution in [0, 0.1) is 5.92 Å². The summed E-state index contributed by atoms with van der Waals surface area (Å²) >= 11 is 0. The number of rotatable bonds is 9. The molecule has 1 aliphatic carbocycles. The number of hydrogen-bond acceptors (Lipinski definition) is 3. The largest absolute Gasteiger partial charge is 0.383 e. The molecule has 1 aromatic rings. The van der Waals surface area contributed by atoms with Crippen LogP contribution in [0.2, 0.25) is 0 Å². The number of piperidine rings is 1. The molecule has 1 saturated carbocycles. The first kappa shape index (κ1) is 24.4. The quantitative estimate of drug-likeness (QED) is 0.300. The lowest BCUT2D eigenvalue weighted by Gasteiger charge is -2.41. The van der Waals surface area contributed by atoms with Gasteiger partial charge in [0.05, 0.1) is 13.2 Å². The van der Waals surface area contributed by atoms with E-state index in [0.29, 0.717) is 0 Å². The topological polar surface area (TPSA) is 48.9 Å². The Balaban J connectivity index is 0.00000300. The van der Waals surface area contributed by atoms with Crippen molar-refractivity contribution in [3.05, 3.63) is 35.9 Å². The molecular weight excluding hydrogens is 475 g/mol. The van der Waals surface area contributed by atoms with Crippen molar-refractivity contribution in [1.29, 1.82) is 0 Å². The Hall–Kier alpha value is -0.860. The Labute approximate surface area is 194 Å². The van der Waals surface area contributed by atoms with Crippen LogP contribution in [0.4, 0.5) is 0 Å². The van der Waals surface area contributed by atoms with Gasteiger partial charge in [0.2, 0.25) is 0 Å². The zero-order chi connectivity index (χ0) is 19.7. The third kappa shape index (κ3) is 7.10. The van der Waals surface area contributed by atoms with Crippen molar-refractivity contribution in [3.8, 4) is 0 Å². The number of aliphatic imine (C=N–C) groups is 1. The van der Waals surface area contributed by atoms with E-state index in [1.807, 2.05) is 0 Å². The average molecular weight is 514 g/mol. The molecule has 0 amide bonds. The molecule has 1 saturated heterocycles. The zero-order valence-electron chi connectivity index (χ0n) is 18.2. The Kier molecular flexibility index (Phi) is 10.7. The molecule has 0 unspecified atom stereocenters. The maximum atomic E-state index is 5.20. The van der Waals surface area contributed by atoms with Gasteiger partial charge in [-0.25, -0.2) is 0 Å². The van der Waals surface area contributed by atoms with Crippen LogP contribution in [0.15, 0.2) is 35.3 Å². The lowest BCUT2D eigenvalue weighted by Crippen LogP contribution is -2.44. The molecule has 5 nitrogen and oxygen atoms in total. The summed E-state index contributed by atoms with van der Waals surface area (Å²) in [5.74, 6) is 1.71. The fraction of sp³-hybridized carbons (Fsp3) is 0.696. The second-order valence-corrected chi connectivity index (χ2v) is 8.35. The number of likely N-dealkylation sites (tertiary alicyclic amines) is 1. The van der Waals surface area contributed by atoms with E-state index < -0.39 is 0 Å². The van der Waals surface area contributed by atoms with Gasteiger partial charge in [-0.3, -0.25) is 4.99 Å². The number of benzene rings is 1. The van der Waals surface area contributed by atoms with Crippen molar-refractivity contribution < 1.29 is 4.74 Å². The first-order chi connectivity index (χ1) is 13.8. The molecule has 6 heteroatoms. The fourth-order valence-corrected chi connectivity index (χ4v) is 4.38. The van der Waals surface area contributed by atoms with Crippen LogP contribution in [-0.4, -0.2) is 63.8 Å². The predicted octanol–water partition coefficient (Wildman–Crippen LogP) is 3.64. The Morgan fingerprint density at radius 2 is 1.90 bits per heavy atom. The van der Waals surface area contributed by atoms with Gasteiger partial charge in [-0.05, 0) is 57.2 Å². The van der Waals surface area contributed by atoms with Crippen LogP contribution >= 0.6 is 24.0 Å². The van der Waals surface area contributed by atoms with Gasteiger partial charge in [0, 0.05) is 32.2 Å². The van der Waals surface area contributed by atoms with E-state index in [4.69, 9.17) is 9.73 Å². The highest BCUT2D eigenvalue weighted by molar-refractivity contribution is 14.0. The summed E-state index contributed by atoms with van der Waals surface area (Å²) in [5, 5.41) is 7.06. The van der Waals surface area contributed by atoms with Crippen LogP contribution in [0.25, 0.3) is 0 Å². The van der Waals surface area contributed by atoms with Crippen molar-refractivity contribution in [3.63, 3.8) is 0 Å². The highest BCUT2D eigenvalue weighted by atomic mass is 127. The molecule has 1 heterocycles. The van der Waals surface area contributed by atoms with Gasteiger partial charge in [0.25, 0.3) is 0 Å². The summed E-state index contributed by atoms with van der Waals surface area (Å²) in [6.45, 7) is 9.19. The summed E-state index contributed by atoms with van der Waals surface area (Å²) in [6.07, 6.45) is 6.32. The maximum Gasteiger partial charge on any atom is 0.191 e. The van der Waals surface area contributed by atoms with Gasteiger partial charge < -0.3 is 20.3 Å². The molecule has 0 radical (unpaired) electrons. The number of halogens is 1. The Morgan fingerprint density at radius 1 is 1.17 bits per heavy atom. The highest BCUT2D eigenvalue weighted by Gasteiger charge is 2.38. The van der Waals surface area contributed by atoms with Gasteiger partial charge in [-0.2, -0.15) is 0 Å². The van der Waals surface area contributed by atoms with Crippen LogP contribution in [0.3, 0.4) is 0 Å². The van der Waals surface area contributed by atoms with Crippen LogP contribution < -0.4 is 10.6 Å².